The van der Waals surface area contributed by atoms with E-state index in [1.807, 2.05) is 11.4 Å². The fraction of sp³-hybridized carbons (Fsp3) is 0.0526. The van der Waals surface area contributed by atoms with E-state index in [1.54, 1.807) is 42.5 Å². The number of thiophene rings is 1. The van der Waals surface area contributed by atoms with Crippen molar-refractivity contribution >= 4 is 46.3 Å². The van der Waals surface area contributed by atoms with Crippen LogP contribution in [0.2, 0.25) is 0 Å². The van der Waals surface area contributed by atoms with Gasteiger partial charge >= 0.3 is 0 Å². The Bertz CT molecular complexity index is 896. The molecule has 0 spiro atoms. The van der Waals surface area contributed by atoms with Crippen LogP contribution in [0.5, 0.6) is 0 Å². The van der Waals surface area contributed by atoms with Crippen molar-refractivity contribution in [3.63, 3.8) is 0 Å². The lowest BCUT2D eigenvalue weighted by atomic mass is 10.2. The average molecular weight is 386 g/mol. The summed E-state index contributed by atoms with van der Waals surface area (Å²) in [6, 6.07) is 16.5. The van der Waals surface area contributed by atoms with Crippen molar-refractivity contribution in [1.82, 2.24) is 0 Å². The van der Waals surface area contributed by atoms with Gasteiger partial charge in [-0.05, 0) is 53.9 Å². The molecular formula is C19H15FN2O2S2. The second-order valence-electron chi connectivity index (χ2n) is 5.30. The fourth-order valence-corrected chi connectivity index (χ4v) is 3.47. The number of rotatable bonds is 6. The summed E-state index contributed by atoms with van der Waals surface area (Å²) in [5.74, 6) is -0.464. The third kappa shape index (κ3) is 5.18. The summed E-state index contributed by atoms with van der Waals surface area (Å²) in [5.41, 5.74) is 1.20. The zero-order chi connectivity index (χ0) is 18.4. The van der Waals surface area contributed by atoms with E-state index < -0.39 is 0 Å². The van der Waals surface area contributed by atoms with Crippen LogP contribution in [0.25, 0.3) is 0 Å². The van der Waals surface area contributed by atoms with Crippen molar-refractivity contribution in [2.24, 2.45) is 0 Å². The molecule has 7 heteroatoms. The molecule has 3 rings (SSSR count). The van der Waals surface area contributed by atoms with Crippen molar-refractivity contribution in [2.45, 2.75) is 4.90 Å². The van der Waals surface area contributed by atoms with Gasteiger partial charge < -0.3 is 10.6 Å². The Balaban J connectivity index is 1.55. The lowest BCUT2D eigenvalue weighted by Crippen LogP contribution is -2.15. The molecule has 4 nitrogen and oxygen atoms in total. The summed E-state index contributed by atoms with van der Waals surface area (Å²) in [4.78, 5) is 25.6. The van der Waals surface area contributed by atoms with Gasteiger partial charge in [0.15, 0.2) is 0 Å². The monoisotopic (exact) mass is 386 g/mol. The van der Waals surface area contributed by atoms with Gasteiger partial charge in [0.2, 0.25) is 5.91 Å². The predicted molar refractivity (Wildman–Crippen MR) is 104 cm³/mol. The van der Waals surface area contributed by atoms with Gasteiger partial charge in [0.1, 0.15) is 5.82 Å². The van der Waals surface area contributed by atoms with Crippen LogP contribution in [0.3, 0.4) is 0 Å². The van der Waals surface area contributed by atoms with Crippen LogP contribution in [-0.2, 0) is 4.79 Å². The van der Waals surface area contributed by atoms with E-state index in [0.29, 0.717) is 16.3 Å². The van der Waals surface area contributed by atoms with Gasteiger partial charge in [-0.1, -0.05) is 12.1 Å². The van der Waals surface area contributed by atoms with E-state index in [2.05, 4.69) is 10.6 Å². The van der Waals surface area contributed by atoms with Crippen LogP contribution in [-0.4, -0.2) is 17.6 Å². The molecule has 0 unspecified atom stereocenters. The molecule has 0 saturated heterocycles. The summed E-state index contributed by atoms with van der Waals surface area (Å²) >= 11 is 2.68. The number of benzene rings is 2. The standard InChI is InChI=1S/C19H15FN2O2S2/c20-13-6-8-16(9-7-13)26-12-18(23)21-14-3-1-4-15(11-14)22-19(24)17-5-2-10-25-17/h1-11H,12H2,(H,21,23)(H,22,24). The van der Waals surface area contributed by atoms with Crippen LogP contribution < -0.4 is 10.6 Å². The van der Waals surface area contributed by atoms with Crippen molar-refractivity contribution in [1.29, 1.82) is 0 Å². The molecule has 0 fully saturated rings. The molecule has 0 atom stereocenters. The van der Waals surface area contributed by atoms with Crippen LogP contribution in [0, 0.1) is 5.82 Å². The Kier molecular flexibility index (Phi) is 6.04. The molecule has 2 amide bonds. The van der Waals surface area contributed by atoms with Gasteiger partial charge in [-0.15, -0.1) is 23.1 Å². The van der Waals surface area contributed by atoms with Crippen LogP contribution in [0.1, 0.15) is 9.67 Å². The molecule has 1 heterocycles. The van der Waals surface area contributed by atoms with Crippen molar-refractivity contribution in [3.05, 3.63) is 76.7 Å². The van der Waals surface area contributed by atoms with E-state index >= 15 is 0 Å². The third-order valence-corrected chi connectivity index (χ3v) is 5.21. The number of halogens is 1. The molecule has 0 aliphatic carbocycles. The Labute approximate surface area is 158 Å². The maximum Gasteiger partial charge on any atom is 0.265 e. The smallest absolute Gasteiger partial charge is 0.265 e. The quantitative estimate of drug-likeness (QED) is 0.594. The number of anilines is 2. The first kappa shape index (κ1) is 18.2. The highest BCUT2D eigenvalue weighted by molar-refractivity contribution is 8.00. The summed E-state index contributed by atoms with van der Waals surface area (Å²) in [6.07, 6.45) is 0. The maximum absolute atomic E-state index is 12.9. The van der Waals surface area contributed by atoms with Gasteiger partial charge in [-0.25, -0.2) is 4.39 Å². The summed E-state index contributed by atoms with van der Waals surface area (Å²) in [6.45, 7) is 0. The number of thioether (sulfide) groups is 1. The minimum Gasteiger partial charge on any atom is -0.325 e. The molecular weight excluding hydrogens is 371 g/mol. The molecule has 0 aliphatic heterocycles. The summed E-state index contributed by atoms with van der Waals surface area (Å²) in [7, 11) is 0. The Morgan fingerprint density at radius 1 is 0.962 bits per heavy atom. The van der Waals surface area contributed by atoms with Crippen LogP contribution in [0.15, 0.2) is 70.9 Å². The molecule has 3 aromatic rings. The van der Waals surface area contributed by atoms with Gasteiger partial charge in [-0.2, -0.15) is 0 Å². The highest BCUT2D eigenvalue weighted by Crippen LogP contribution is 2.20. The minimum atomic E-state index is -0.305. The van der Waals surface area contributed by atoms with Crippen molar-refractivity contribution in [2.75, 3.05) is 16.4 Å². The molecule has 0 radical (unpaired) electrons. The fourth-order valence-electron chi connectivity index (χ4n) is 2.15. The first-order valence-electron chi connectivity index (χ1n) is 7.73. The Morgan fingerprint density at radius 2 is 1.69 bits per heavy atom. The minimum absolute atomic E-state index is 0.180. The van der Waals surface area contributed by atoms with E-state index in [4.69, 9.17) is 0 Å². The van der Waals surface area contributed by atoms with E-state index in [9.17, 15) is 14.0 Å². The number of hydrogen-bond donors (Lipinski definition) is 2. The second kappa shape index (κ2) is 8.64. The predicted octanol–water partition coefficient (Wildman–Crippen LogP) is 4.87. The molecule has 0 aliphatic rings. The Hall–Kier alpha value is -2.64. The van der Waals surface area contributed by atoms with Crippen molar-refractivity contribution in [3.8, 4) is 0 Å². The third-order valence-electron chi connectivity index (χ3n) is 3.33. The maximum atomic E-state index is 12.9. The molecule has 132 valence electrons. The molecule has 1 aromatic heterocycles. The van der Waals surface area contributed by atoms with Crippen LogP contribution >= 0.6 is 23.1 Å². The van der Waals surface area contributed by atoms with Gasteiger partial charge in [0, 0.05) is 16.3 Å². The molecule has 2 N–H and O–H groups in total. The zero-order valence-electron chi connectivity index (χ0n) is 13.6. The topological polar surface area (TPSA) is 58.2 Å². The zero-order valence-corrected chi connectivity index (χ0v) is 15.2. The van der Waals surface area contributed by atoms with Gasteiger partial charge in [-0.3, -0.25) is 9.59 Å². The lowest BCUT2D eigenvalue weighted by Gasteiger charge is -2.08. The van der Waals surface area contributed by atoms with E-state index in [0.717, 1.165) is 4.90 Å². The normalized spacial score (nSPS) is 10.3. The highest BCUT2D eigenvalue weighted by atomic mass is 32.2. The lowest BCUT2D eigenvalue weighted by molar-refractivity contribution is -0.113. The largest absolute Gasteiger partial charge is 0.325 e. The first-order chi connectivity index (χ1) is 12.6. The van der Waals surface area contributed by atoms with Crippen molar-refractivity contribution < 1.29 is 14.0 Å². The number of amides is 2. The summed E-state index contributed by atoms with van der Waals surface area (Å²) in [5, 5.41) is 7.43. The number of carbonyl (C=O) groups is 2. The van der Waals surface area contributed by atoms with Gasteiger partial charge in [0.25, 0.3) is 5.91 Å². The SMILES string of the molecule is O=C(CSc1ccc(F)cc1)Nc1cccc(NC(=O)c2cccs2)c1. The van der Waals surface area contributed by atoms with Crippen LogP contribution in [0.4, 0.5) is 15.8 Å². The number of nitrogens with one attached hydrogen (secondary N) is 2. The van der Waals surface area contributed by atoms with Gasteiger partial charge in [0.05, 0.1) is 10.6 Å². The molecule has 26 heavy (non-hydrogen) atoms. The first-order valence-corrected chi connectivity index (χ1v) is 9.60. The number of carbonyl (C=O) groups excluding carboxylic acids is 2. The second-order valence-corrected chi connectivity index (χ2v) is 7.30. The molecule has 0 saturated carbocycles. The summed E-state index contributed by atoms with van der Waals surface area (Å²) < 4.78 is 12.9. The van der Waals surface area contributed by atoms with E-state index in [1.165, 1.54) is 35.2 Å². The average Bonchev–Trinajstić information content (AvgIpc) is 3.16. The number of hydrogen-bond acceptors (Lipinski definition) is 4. The molecule has 2 aromatic carbocycles. The van der Waals surface area contributed by atoms with E-state index in [-0.39, 0.29) is 23.4 Å². The molecule has 0 bridgehead atoms. The Morgan fingerprint density at radius 3 is 2.38 bits per heavy atom. The highest BCUT2D eigenvalue weighted by Gasteiger charge is 2.08.